The number of hydrogen-bond donors (Lipinski definition) is 1. The van der Waals surface area contributed by atoms with Gasteiger partial charge in [-0.15, -0.1) is 0 Å². The first-order chi connectivity index (χ1) is 11.4. The lowest BCUT2D eigenvalue weighted by molar-refractivity contribution is 0.102. The van der Waals surface area contributed by atoms with Crippen LogP contribution in [0.1, 0.15) is 16.2 Å². The zero-order chi connectivity index (χ0) is 17.3. The number of nitrogens with zero attached hydrogens (tertiary/aromatic N) is 3. The van der Waals surface area contributed by atoms with Gasteiger partial charge in [-0.05, 0) is 43.3 Å². The van der Waals surface area contributed by atoms with Crippen molar-refractivity contribution in [1.29, 1.82) is 0 Å². The minimum Gasteiger partial charge on any atom is -0.320 e. The molecule has 0 aliphatic rings. The van der Waals surface area contributed by atoms with Crippen molar-refractivity contribution in [2.24, 2.45) is 7.05 Å². The molecule has 1 aromatic carbocycles. The number of halogens is 2. The Kier molecular flexibility index (Phi) is 4.07. The minimum atomic E-state index is -0.587. The van der Waals surface area contributed by atoms with Crippen LogP contribution in [0.5, 0.6) is 0 Å². The number of rotatable bonds is 3. The van der Waals surface area contributed by atoms with E-state index in [1.54, 1.807) is 32.3 Å². The maximum atomic E-state index is 13.9. The second-order valence-corrected chi connectivity index (χ2v) is 5.30. The molecule has 5 nitrogen and oxygen atoms in total. The molecule has 7 heteroatoms. The van der Waals surface area contributed by atoms with E-state index in [-0.39, 0.29) is 11.3 Å². The molecule has 0 aliphatic heterocycles. The lowest BCUT2D eigenvalue weighted by atomic mass is 10.1. The fourth-order valence-corrected chi connectivity index (χ4v) is 2.34. The third-order valence-corrected chi connectivity index (χ3v) is 3.47. The largest absolute Gasteiger partial charge is 0.320 e. The van der Waals surface area contributed by atoms with Crippen molar-refractivity contribution in [2.45, 2.75) is 6.92 Å². The molecule has 3 aromatic rings. The maximum absolute atomic E-state index is 13.9. The number of carbonyl (C=O) groups is 1. The number of anilines is 1. The molecule has 0 aliphatic carbocycles. The molecule has 0 spiro atoms. The zero-order valence-corrected chi connectivity index (χ0v) is 13.0. The molecule has 0 atom stereocenters. The van der Waals surface area contributed by atoms with Gasteiger partial charge in [-0.2, -0.15) is 5.10 Å². The number of benzene rings is 1. The smallest absolute Gasteiger partial charge is 0.276 e. The number of amides is 1. The number of aromatic nitrogens is 3. The zero-order valence-electron chi connectivity index (χ0n) is 13.0. The van der Waals surface area contributed by atoms with E-state index in [1.165, 1.54) is 10.7 Å². The van der Waals surface area contributed by atoms with Gasteiger partial charge >= 0.3 is 0 Å². The van der Waals surface area contributed by atoms with E-state index in [4.69, 9.17) is 0 Å². The van der Waals surface area contributed by atoms with Gasteiger partial charge in [0.25, 0.3) is 5.91 Å². The molecule has 1 amide bonds. The monoisotopic (exact) mass is 328 g/mol. The summed E-state index contributed by atoms with van der Waals surface area (Å²) >= 11 is 0. The van der Waals surface area contributed by atoms with Crippen molar-refractivity contribution >= 4 is 11.6 Å². The number of hydrogen-bond acceptors (Lipinski definition) is 3. The van der Waals surface area contributed by atoms with Crippen LogP contribution in [0, 0.1) is 18.6 Å². The summed E-state index contributed by atoms with van der Waals surface area (Å²) in [5.41, 5.74) is 1.80. The third-order valence-electron chi connectivity index (χ3n) is 3.47. The van der Waals surface area contributed by atoms with Gasteiger partial charge in [-0.3, -0.25) is 14.5 Å². The number of nitrogens with one attached hydrogen (secondary N) is 1. The Morgan fingerprint density at radius 3 is 2.71 bits per heavy atom. The van der Waals surface area contributed by atoms with Crippen LogP contribution in [0.3, 0.4) is 0 Å². The predicted octanol–water partition coefficient (Wildman–Crippen LogP) is 3.32. The number of carbonyl (C=O) groups excluding carboxylic acids is 1. The van der Waals surface area contributed by atoms with Gasteiger partial charge in [0, 0.05) is 30.2 Å². The van der Waals surface area contributed by atoms with Crippen LogP contribution in [0.25, 0.3) is 11.3 Å². The lowest BCUT2D eigenvalue weighted by Gasteiger charge is -2.03. The van der Waals surface area contributed by atoms with Gasteiger partial charge < -0.3 is 5.32 Å². The molecule has 0 saturated carbocycles. The highest BCUT2D eigenvalue weighted by Gasteiger charge is 2.17. The average Bonchev–Trinajstić information content (AvgIpc) is 2.92. The topological polar surface area (TPSA) is 59.8 Å². The Morgan fingerprint density at radius 2 is 1.96 bits per heavy atom. The summed E-state index contributed by atoms with van der Waals surface area (Å²) < 4.78 is 28.6. The summed E-state index contributed by atoms with van der Waals surface area (Å²) in [6.07, 6.45) is 1.58. The van der Waals surface area contributed by atoms with E-state index < -0.39 is 17.5 Å². The molecule has 3 rings (SSSR count). The molecular formula is C17H14F2N4O. The number of pyridine rings is 1. The summed E-state index contributed by atoms with van der Waals surface area (Å²) in [5.74, 6) is -1.60. The van der Waals surface area contributed by atoms with Crippen LogP contribution in [-0.4, -0.2) is 20.7 Å². The van der Waals surface area contributed by atoms with Crippen LogP contribution in [0.2, 0.25) is 0 Å². The standard InChI is InChI=1S/C17H14F2N4O/c1-10-7-12(5-6-20-10)21-17(24)15-9-16(23(2)22-15)13-8-11(18)3-4-14(13)19/h3-9H,1-2H3,(H,20,21,24). The van der Waals surface area contributed by atoms with Crippen LogP contribution in [0.4, 0.5) is 14.5 Å². The summed E-state index contributed by atoms with van der Waals surface area (Å²) in [4.78, 5) is 16.3. The molecule has 24 heavy (non-hydrogen) atoms. The Bertz CT molecular complexity index is 921. The Labute approximate surface area is 137 Å². The fraction of sp³-hybridized carbons (Fsp3) is 0.118. The van der Waals surface area contributed by atoms with Crippen molar-refractivity contribution in [2.75, 3.05) is 5.32 Å². The normalized spacial score (nSPS) is 10.7. The van der Waals surface area contributed by atoms with Crippen LogP contribution in [-0.2, 0) is 7.05 Å². The van der Waals surface area contributed by atoms with Crippen molar-refractivity contribution in [3.05, 3.63) is 65.6 Å². The molecule has 122 valence electrons. The van der Waals surface area contributed by atoms with E-state index >= 15 is 0 Å². The Morgan fingerprint density at radius 1 is 1.17 bits per heavy atom. The van der Waals surface area contributed by atoms with Gasteiger partial charge in [0.1, 0.15) is 11.6 Å². The summed E-state index contributed by atoms with van der Waals surface area (Å²) in [5, 5.41) is 6.77. The van der Waals surface area contributed by atoms with Gasteiger partial charge in [-0.25, -0.2) is 8.78 Å². The molecule has 0 bridgehead atoms. The maximum Gasteiger partial charge on any atom is 0.276 e. The third kappa shape index (κ3) is 3.15. The summed E-state index contributed by atoms with van der Waals surface area (Å²) in [6.45, 7) is 1.81. The fourth-order valence-electron chi connectivity index (χ4n) is 2.34. The van der Waals surface area contributed by atoms with Gasteiger partial charge in [-0.1, -0.05) is 0 Å². The van der Waals surface area contributed by atoms with Crippen LogP contribution >= 0.6 is 0 Å². The van der Waals surface area contributed by atoms with E-state index in [0.717, 1.165) is 23.9 Å². The minimum absolute atomic E-state index is 0.0452. The van der Waals surface area contributed by atoms with Gasteiger partial charge in [0.2, 0.25) is 0 Å². The van der Waals surface area contributed by atoms with Crippen molar-refractivity contribution < 1.29 is 13.6 Å². The predicted molar refractivity (Wildman–Crippen MR) is 85.5 cm³/mol. The van der Waals surface area contributed by atoms with Crippen LogP contribution < -0.4 is 5.32 Å². The van der Waals surface area contributed by atoms with E-state index in [9.17, 15) is 13.6 Å². The van der Waals surface area contributed by atoms with Crippen molar-refractivity contribution in [3.8, 4) is 11.3 Å². The second kappa shape index (κ2) is 6.19. The lowest BCUT2D eigenvalue weighted by Crippen LogP contribution is -2.13. The van der Waals surface area contributed by atoms with Crippen molar-refractivity contribution in [3.63, 3.8) is 0 Å². The first-order valence-electron chi connectivity index (χ1n) is 7.17. The summed E-state index contributed by atoms with van der Waals surface area (Å²) in [7, 11) is 1.56. The van der Waals surface area contributed by atoms with Crippen molar-refractivity contribution in [1.82, 2.24) is 14.8 Å². The van der Waals surface area contributed by atoms with E-state index in [2.05, 4.69) is 15.4 Å². The van der Waals surface area contributed by atoms with E-state index in [1.807, 2.05) is 0 Å². The van der Waals surface area contributed by atoms with Crippen LogP contribution in [0.15, 0.2) is 42.6 Å². The molecule has 2 aromatic heterocycles. The molecule has 0 radical (unpaired) electrons. The van der Waals surface area contributed by atoms with Gasteiger partial charge in [0.15, 0.2) is 5.69 Å². The van der Waals surface area contributed by atoms with Gasteiger partial charge in [0.05, 0.1) is 5.69 Å². The Hall–Kier alpha value is -3.09. The SMILES string of the molecule is Cc1cc(NC(=O)c2cc(-c3cc(F)ccc3F)n(C)n2)ccn1. The highest BCUT2D eigenvalue weighted by atomic mass is 19.1. The molecule has 2 heterocycles. The molecular weight excluding hydrogens is 314 g/mol. The molecule has 0 unspecified atom stereocenters. The molecule has 1 N–H and O–H groups in total. The molecule has 0 saturated heterocycles. The Balaban J connectivity index is 1.91. The average molecular weight is 328 g/mol. The first-order valence-corrected chi connectivity index (χ1v) is 7.17. The summed E-state index contributed by atoms with van der Waals surface area (Å²) in [6, 6.07) is 7.93. The second-order valence-electron chi connectivity index (χ2n) is 5.30. The quantitative estimate of drug-likeness (QED) is 0.802. The first kappa shape index (κ1) is 15.8. The highest BCUT2D eigenvalue weighted by molar-refractivity contribution is 6.03. The van der Waals surface area contributed by atoms with E-state index in [0.29, 0.717) is 11.4 Å². The molecule has 0 fully saturated rings. The highest BCUT2D eigenvalue weighted by Crippen LogP contribution is 2.24. The number of aryl methyl sites for hydroxylation is 2.